The smallest absolute Gasteiger partial charge is 0.414 e. The Hall–Kier alpha value is -2.81. The molecule has 0 bridgehead atoms. The number of likely N-dealkylation sites (N-methyl/N-ethyl adjacent to an activating group) is 1. The molecule has 2 atom stereocenters. The molecule has 1 aromatic carbocycles. The minimum Gasteiger partial charge on any atom is -0.454 e. The van der Waals surface area contributed by atoms with Gasteiger partial charge in [0.2, 0.25) is 6.79 Å². The molecular weight excluding hydrogens is 354 g/mol. The summed E-state index contributed by atoms with van der Waals surface area (Å²) in [5.41, 5.74) is 0.894. The Morgan fingerprint density at radius 1 is 1.15 bits per heavy atom. The number of alkyl carbamates (subject to hydrolysis) is 1. The van der Waals surface area contributed by atoms with Crippen LogP contribution in [0.5, 0.6) is 11.5 Å². The molecular formula is C18H26N3O6+. The van der Waals surface area contributed by atoms with Gasteiger partial charge in [-0.05, 0) is 38.5 Å². The zero-order valence-corrected chi connectivity index (χ0v) is 15.8. The summed E-state index contributed by atoms with van der Waals surface area (Å²) in [6, 6.07) is 5.29. The van der Waals surface area contributed by atoms with E-state index in [-0.39, 0.29) is 38.4 Å². The van der Waals surface area contributed by atoms with E-state index >= 15 is 0 Å². The summed E-state index contributed by atoms with van der Waals surface area (Å²) in [5.74, 6) is 0.666. The Kier molecular flexibility index (Phi) is 7.42. The highest BCUT2D eigenvalue weighted by atomic mass is 16.7. The van der Waals surface area contributed by atoms with Gasteiger partial charge in [0.05, 0.1) is 19.2 Å². The van der Waals surface area contributed by atoms with Gasteiger partial charge < -0.3 is 24.4 Å². The first-order chi connectivity index (χ1) is 12.9. The molecule has 3 amide bonds. The van der Waals surface area contributed by atoms with Crippen molar-refractivity contribution >= 4 is 17.9 Å². The number of rotatable bonds is 8. The van der Waals surface area contributed by atoms with Crippen molar-refractivity contribution in [3.63, 3.8) is 0 Å². The lowest BCUT2D eigenvalue weighted by atomic mass is 10.1. The van der Waals surface area contributed by atoms with Crippen molar-refractivity contribution in [3.8, 4) is 11.5 Å². The van der Waals surface area contributed by atoms with Crippen molar-refractivity contribution in [2.75, 3.05) is 33.0 Å². The number of carbonyl (C=O) groups is 3. The summed E-state index contributed by atoms with van der Waals surface area (Å²) in [7, 11) is 0. The van der Waals surface area contributed by atoms with E-state index in [2.05, 4.69) is 15.4 Å². The Bertz CT molecular complexity index is 694. The van der Waals surface area contributed by atoms with Crippen molar-refractivity contribution in [3.05, 3.63) is 23.8 Å². The first kappa shape index (κ1) is 20.5. The van der Waals surface area contributed by atoms with E-state index in [1.165, 1.54) is 0 Å². The number of imide groups is 1. The van der Waals surface area contributed by atoms with E-state index in [4.69, 9.17) is 9.47 Å². The number of benzene rings is 1. The Balaban J connectivity index is 1.83. The number of hydrogen-bond donors (Lipinski definition) is 3. The van der Waals surface area contributed by atoms with Crippen LogP contribution in [0.4, 0.5) is 4.79 Å². The fourth-order valence-electron chi connectivity index (χ4n) is 2.65. The Morgan fingerprint density at radius 3 is 2.56 bits per heavy atom. The highest BCUT2D eigenvalue weighted by molar-refractivity contribution is 5.92. The summed E-state index contributed by atoms with van der Waals surface area (Å²) in [5, 5.41) is 5.04. The number of ether oxygens (including phenoxy) is 3. The standard InChI is InChI=1S/C18H25N3O6/c1-4-21(10-17(23)20-18(24)25-5-2)9-16(22)19-12(3)13-6-7-14-15(8-13)27-11-26-14/h6-8,12H,4-5,9-11H2,1-3H3,(H,19,22)(H,20,23,24)/p+1/t12-/m0/s1. The molecule has 1 aliphatic rings. The van der Waals surface area contributed by atoms with Crippen molar-refractivity contribution in [2.45, 2.75) is 26.8 Å². The van der Waals surface area contributed by atoms with E-state index in [9.17, 15) is 14.4 Å². The van der Waals surface area contributed by atoms with Gasteiger partial charge in [-0.2, -0.15) is 0 Å². The SMILES string of the molecule is CCOC(=O)NC(=O)C[NH+](CC)CC(=O)N[C@@H](C)c1ccc2c(c1)OCO2. The van der Waals surface area contributed by atoms with Gasteiger partial charge >= 0.3 is 6.09 Å². The maximum absolute atomic E-state index is 12.3. The van der Waals surface area contributed by atoms with Crippen LogP contribution in [0.2, 0.25) is 0 Å². The van der Waals surface area contributed by atoms with Gasteiger partial charge in [-0.25, -0.2) is 4.79 Å². The van der Waals surface area contributed by atoms with Crippen LogP contribution in [0.1, 0.15) is 32.4 Å². The molecule has 27 heavy (non-hydrogen) atoms. The monoisotopic (exact) mass is 380 g/mol. The maximum Gasteiger partial charge on any atom is 0.414 e. The predicted octanol–water partition coefficient (Wildman–Crippen LogP) is -0.230. The van der Waals surface area contributed by atoms with Crippen LogP contribution in [0.15, 0.2) is 18.2 Å². The molecule has 1 unspecified atom stereocenters. The molecule has 1 aromatic rings. The van der Waals surface area contributed by atoms with Crippen LogP contribution < -0.4 is 25.0 Å². The Labute approximate surface area is 157 Å². The number of quaternary nitrogens is 1. The second-order valence-electron chi connectivity index (χ2n) is 6.13. The van der Waals surface area contributed by atoms with Gasteiger partial charge in [-0.1, -0.05) is 6.07 Å². The van der Waals surface area contributed by atoms with Crippen LogP contribution in [0, 0.1) is 0 Å². The van der Waals surface area contributed by atoms with Crippen molar-refractivity contribution in [1.82, 2.24) is 10.6 Å². The van der Waals surface area contributed by atoms with E-state index < -0.39 is 12.0 Å². The second kappa shape index (κ2) is 9.77. The number of carbonyl (C=O) groups excluding carboxylic acids is 3. The van der Waals surface area contributed by atoms with E-state index in [1.807, 2.05) is 32.0 Å². The highest BCUT2D eigenvalue weighted by Crippen LogP contribution is 2.34. The zero-order chi connectivity index (χ0) is 19.8. The third kappa shape index (κ3) is 6.14. The van der Waals surface area contributed by atoms with Crippen molar-refractivity contribution in [2.24, 2.45) is 0 Å². The van der Waals surface area contributed by atoms with Crippen molar-refractivity contribution in [1.29, 1.82) is 0 Å². The summed E-state index contributed by atoms with van der Waals surface area (Å²) < 4.78 is 15.3. The van der Waals surface area contributed by atoms with Crippen molar-refractivity contribution < 1.29 is 33.5 Å². The Morgan fingerprint density at radius 2 is 1.85 bits per heavy atom. The average Bonchev–Trinajstić information content (AvgIpc) is 3.08. The average molecular weight is 380 g/mol. The third-order valence-corrected chi connectivity index (χ3v) is 4.11. The lowest BCUT2D eigenvalue weighted by molar-refractivity contribution is -0.881. The van der Waals surface area contributed by atoms with Gasteiger partial charge in [0.1, 0.15) is 0 Å². The second-order valence-corrected chi connectivity index (χ2v) is 6.13. The molecule has 0 radical (unpaired) electrons. The number of nitrogens with one attached hydrogen (secondary N) is 3. The molecule has 0 saturated heterocycles. The summed E-state index contributed by atoms with van der Waals surface area (Å²) in [4.78, 5) is 36.2. The third-order valence-electron chi connectivity index (χ3n) is 4.11. The van der Waals surface area contributed by atoms with Crippen LogP contribution in [-0.2, 0) is 14.3 Å². The van der Waals surface area contributed by atoms with Gasteiger partial charge in [0, 0.05) is 0 Å². The molecule has 9 heteroatoms. The van der Waals surface area contributed by atoms with Crippen LogP contribution in [0.3, 0.4) is 0 Å². The molecule has 0 aliphatic carbocycles. The number of hydrogen-bond acceptors (Lipinski definition) is 6. The zero-order valence-electron chi connectivity index (χ0n) is 15.8. The van der Waals surface area contributed by atoms with Gasteiger partial charge in [-0.15, -0.1) is 0 Å². The topological polar surface area (TPSA) is 107 Å². The number of fused-ring (bicyclic) bond motifs is 1. The predicted molar refractivity (Wildman–Crippen MR) is 95.5 cm³/mol. The molecule has 2 rings (SSSR count). The van der Waals surface area contributed by atoms with E-state index in [0.717, 1.165) is 10.5 Å². The fraction of sp³-hybridized carbons (Fsp3) is 0.500. The molecule has 0 aromatic heterocycles. The molecule has 1 heterocycles. The molecule has 1 aliphatic heterocycles. The largest absolute Gasteiger partial charge is 0.454 e. The molecule has 9 nitrogen and oxygen atoms in total. The summed E-state index contributed by atoms with van der Waals surface area (Å²) in [6.07, 6.45) is -0.779. The maximum atomic E-state index is 12.3. The highest BCUT2D eigenvalue weighted by Gasteiger charge is 2.21. The van der Waals surface area contributed by atoms with Crippen LogP contribution in [0.25, 0.3) is 0 Å². The minimum absolute atomic E-state index is 0.00113. The molecule has 0 spiro atoms. The lowest BCUT2D eigenvalue weighted by Crippen LogP contribution is -3.14. The molecule has 3 N–H and O–H groups in total. The van der Waals surface area contributed by atoms with Gasteiger partial charge in [-0.3, -0.25) is 14.9 Å². The van der Waals surface area contributed by atoms with Crippen LogP contribution in [-0.4, -0.2) is 50.9 Å². The summed E-state index contributed by atoms with van der Waals surface area (Å²) in [6.45, 7) is 6.44. The first-order valence-electron chi connectivity index (χ1n) is 8.92. The minimum atomic E-state index is -0.779. The van der Waals surface area contributed by atoms with E-state index in [0.29, 0.717) is 18.0 Å². The van der Waals surface area contributed by atoms with Gasteiger partial charge in [0.15, 0.2) is 24.6 Å². The molecule has 0 saturated carbocycles. The number of amides is 3. The van der Waals surface area contributed by atoms with Gasteiger partial charge in [0.25, 0.3) is 11.8 Å². The molecule has 0 fully saturated rings. The fourth-order valence-corrected chi connectivity index (χ4v) is 2.65. The van der Waals surface area contributed by atoms with Crippen LogP contribution >= 0.6 is 0 Å². The first-order valence-corrected chi connectivity index (χ1v) is 8.92. The molecule has 148 valence electrons. The van der Waals surface area contributed by atoms with E-state index in [1.54, 1.807) is 6.92 Å². The quantitative estimate of drug-likeness (QED) is 0.575. The lowest BCUT2D eigenvalue weighted by Gasteiger charge is -2.19. The summed E-state index contributed by atoms with van der Waals surface area (Å²) >= 11 is 0. The normalized spacial score (nSPS) is 14.2.